The number of carbonyl (C=O) groups is 1. The summed E-state index contributed by atoms with van der Waals surface area (Å²) in [6.07, 6.45) is 3.01. The molecule has 0 heterocycles. The monoisotopic (exact) mass is 202 g/mol. The Labute approximate surface area is 89.9 Å². The van der Waals surface area contributed by atoms with Crippen LogP contribution in [0.25, 0.3) is 0 Å². The molecule has 0 fully saturated rings. The lowest BCUT2D eigenvalue weighted by Gasteiger charge is -2.02. The predicted octanol–water partition coefficient (Wildman–Crippen LogP) is 3.24. The SMILES string of the molecule is C=C(C)/C=C\OC(=O)c1ccccc1C. The Balaban J connectivity index is 2.70. The number of hydrogen-bond acceptors (Lipinski definition) is 2. The van der Waals surface area contributed by atoms with Gasteiger partial charge in [0.1, 0.15) is 0 Å². The van der Waals surface area contributed by atoms with Crippen molar-refractivity contribution in [3.63, 3.8) is 0 Å². The van der Waals surface area contributed by atoms with Crippen LogP contribution in [0, 0.1) is 6.92 Å². The van der Waals surface area contributed by atoms with Crippen molar-refractivity contribution in [3.05, 3.63) is 59.9 Å². The third-order valence-electron chi connectivity index (χ3n) is 1.89. The fourth-order valence-corrected chi connectivity index (χ4v) is 1.08. The van der Waals surface area contributed by atoms with Crippen LogP contribution >= 0.6 is 0 Å². The lowest BCUT2D eigenvalue weighted by molar-refractivity contribution is 0.0662. The first-order valence-corrected chi connectivity index (χ1v) is 4.70. The molecule has 0 N–H and O–H groups in total. The number of carbonyl (C=O) groups excluding carboxylic acids is 1. The van der Waals surface area contributed by atoms with E-state index in [1.54, 1.807) is 12.1 Å². The maximum atomic E-state index is 11.5. The van der Waals surface area contributed by atoms with E-state index in [4.69, 9.17) is 4.74 Å². The van der Waals surface area contributed by atoms with Crippen LogP contribution in [0.15, 0.2) is 48.8 Å². The number of benzene rings is 1. The molecule has 0 aliphatic carbocycles. The Morgan fingerprint density at radius 1 is 1.40 bits per heavy atom. The third kappa shape index (κ3) is 3.43. The highest BCUT2D eigenvalue weighted by molar-refractivity contribution is 5.91. The highest BCUT2D eigenvalue weighted by atomic mass is 16.5. The molecule has 0 bridgehead atoms. The lowest BCUT2D eigenvalue weighted by Crippen LogP contribution is -2.02. The van der Waals surface area contributed by atoms with E-state index < -0.39 is 0 Å². The molecule has 2 nitrogen and oxygen atoms in total. The van der Waals surface area contributed by atoms with Gasteiger partial charge in [-0.25, -0.2) is 4.79 Å². The highest BCUT2D eigenvalue weighted by Gasteiger charge is 2.07. The smallest absolute Gasteiger partial charge is 0.343 e. The summed E-state index contributed by atoms with van der Waals surface area (Å²) < 4.78 is 4.94. The van der Waals surface area contributed by atoms with Gasteiger partial charge in [0, 0.05) is 0 Å². The van der Waals surface area contributed by atoms with Crippen molar-refractivity contribution in [1.29, 1.82) is 0 Å². The van der Waals surface area contributed by atoms with E-state index in [0.29, 0.717) is 5.56 Å². The lowest BCUT2D eigenvalue weighted by atomic mass is 10.1. The summed E-state index contributed by atoms with van der Waals surface area (Å²) in [6.45, 7) is 7.37. The molecule has 0 saturated heterocycles. The van der Waals surface area contributed by atoms with Crippen LogP contribution in [-0.2, 0) is 4.74 Å². The molecule has 0 spiro atoms. The minimum atomic E-state index is -0.342. The van der Waals surface area contributed by atoms with Crippen LogP contribution in [0.5, 0.6) is 0 Å². The fourth-order valence-electron chi connectivity index (χ4n) is 1.08. The molecule has 0 unspecified atom stereocenters. The molecule has 0 aliphatic heterocycles. The molecule has 1 aromatic carbocycles. The molecule has 1 aromatic rings. The molecular weight excluding hydrogens is 188 g/mol. The van der Waals surface area contributed by atoms with Gasteiger partial charge in [-0.15, -0.1) is 0 Å². The van der Waals surface area contributed by atoms with Gasteiger partial charge in [-0.1, -0.05) is 30.4 Å². The first-order chi connectivity index (χ1) is 7.11. The highest BCUT2D eigenvalue weighted by Crippen LogP contribution is 2.08. The van der Waals surface area contributed by atoms with Crippen molar-refractivity contribution in [2.45, 2.75) is 13.8 Å². The minimum absolute atomic E-state index is 0.342. The zero-order valence-electron chi connectivity index (χ0n) is 8.99. The van der Waals surface area contributed by atoms with Crippen LogP contribution in [0.1, 0.15) is 22.8 Å². The summed E-state index contributed by atoms with van der Waals surface area (Å²) in [5, 5.41) is 0. The molecule has 0 radical (unpaired) electrons. The van der Waals surface area contributed by atoms with Crippen molar-refractivity contribution in [3.8, 4) is 0 Å². The molecule has 0 saturated carbocycles. The number of esters is 1. The normalized spacial score (nSPS) is 10.3. The van der Waals surface area contributed by atoms with Crippen LogP contribution in [0.2, 0.25) is 0 Å². The number of hydrogen-bond donors (Lipinski definition) is 0. The Bertz CT molecular complexity index is 403. The molecule has 15 heavy (non-hydrogen) atoms. The summed E-state index contributed by atoms with van der Waals surface area (Å²) in [6, 6.07) is 7.31. The standard InChI is InChI=1S/C13H14O2/c1-10(2)8-9-15-13(14)12-7-5-4-6-11(12)3/h4-9H,1H2,2-3H3/b9-8-. The average molecular weight is 202 g/mol. The minimum Gasteiger partial charge on any atom is -0.431 e. The van der Waals surface area contributed by atoms with E-state index >= 15 is 0 Å². The summed E-state index contributed by atoms with van der Waals surface area (Å²) in [5.41, 5.74) is 2.34. The zero-order valence-corrected chi connectivity index (χ0v) is 8.99. The van der Waals surface area contributed by atoms with Gasteiger partial charge in [0.2, 0.25) is 0 Å². The van der Waals surface area contributed by atoms with Crippen molar-refractivity contribution in [2.75, 3.05) is 0 Å². The molecule has 0 atom stereocenters. The molecule has 78 valence electrons. The van der Waals surface area contributed by atoms with Crippen LogP contribution in [0.4, 0.5) is 0 Å². The van der Waals surface area contributed by atoms with Crippen LogP contribution in [-0.4, -0.2) is 5.97 Å². The van der Waals surface area contributed by atoms with Crippen LogP contribution < -0.4 is 0 Å². The summed E-state index contributed by atoms with van der Waals surface area (Å²) >= 11 is 0. The van der Waals surface area contributed by atoms with E-state index in [-0.39, 0.29) is 5.97 Å². The number of rotatable bonds is 3. The second-order valence-electron chi connectivity index (χ2n) is 3.37. The molecule has 0 aliphatic rings. The topological polar surface area (TPSA) is 26.3 Å². The van der Waals surface area contributed by atoms with Gasteiger partial charge in [-0.3, -0.25) is 0 Å². The van der Waals surface area contributed by atoms with E-state index in [1.165, 1.54) is 6.26 Å². The number of aryl methyl sites for hydroxylation is 1. The van der Waals surface area contributed by atoms with E-state index in [0.717, 1.165) is 11.1 Å². The summed E-state index contributed by atoms with van der Waals surface area (Å²) in [5.74, 6) is -0.342. The van der Waals surface area contributed by atoms with Gasteiger partial charge < -0.3 is 4.74 Å². The second-order valence-corrected chi connectivity index (χ2v) is 3.37. The maximum Gasteiger partial charge on any atom is 0.343 e. The van der Waals surface area contributed by atoms with Crippen LogP contribution in [0.3, 0.4) is 0 Å². The molecule has 0 amide bonds. The van der Waals surface area contributed by atoms with Gasteiger partial charge in [-0.2, -0.15) is 0 Å². The Morgan fingerprint density at radius 2 is 2.07 bits per heavy atom. The maximum absolute atomic E-state index is 11.5. The summed E-state index contributed by atoms with van der Waals surface area (Å²) in [7, 11) is 0. The fraction of sp³-hybridized carbons (Fsp3) is 0.154. The van der Waals surface area contributed by atoms with E-state index in [2.05, 4.69) is 6.58 Å². The van der Waals surface area contributed by atoms with Gasteiger partial charge >= 0.3 is 5.97 Å². The predicted molar refractivity (Wildman–Crippen MR) is 60.5 cm³/mol. The van der Waals surface area contributed by atoms with Gasteiger partial charge in [0.25, 0.3) is 0 Å². The quantitative estimate of drug-likeness (QED) is 0.427. The number of allylic oxidation sites excluding steroid dienone is 2. The van der Waals surface area contributed by atoms with Crippen molar-refractivity contribution in [2.24, 2.45) is 0 Å². The molecular formula is C13H14O2. The third-order valence-corrected chi connectivity index (χ3v) is 1.89. The second kappa shape index (κ2) is 5.15. The van der Waals surface area contributed by atoms with Gasteiger partial charge in [0.15, 0.2) is 0 Å². The first kappa shape index (κ1) is 11.2. The number of ether oxygens (including phenoxy) is 1. The largest absolute Gasteiger partial charge is 0.431 e. The van der Waals surface area contributed by atoms with Gasteiger partial charge in [-0.05, 0) is 31.6 Å². The summed E-state index contributed by atoms with van der Waals surface area (Å²) in [4.78, 5) is 11.5. The molecule has 2 heteroatoms. The molecule has 0 aromatic heterocycles. The zero-order chi connectivity index (χ0) is 11.3. The van der Waals surface area contributed by atoms with E-state index in [9.17, 15) is 4.79 Å². The van der Waals surface area contributed by atoms with Gasteiger partial charge in [0.05, 0.1) is 11.8 Å². The van der Waals surface area contributed by atoms with Crippen molar-refractivity contribution >= 4 is 5.97 Å². The Morgan fingerprint density at radius 3 is 2.67 bits per heavy atom. The van der Waals surface area contributed by atoms with Crippen molar-refractivity contribution < 1.29 is 9.53 Å². The van der Waals surface area contributed by atoms with E-state index in [1.807, 2.05) is 32.0 Å². The Kier molecular flexibility index (Phi) is 3.86. The Hall–Kier alpha value is -1.83. The average Bonchev–Trinajstić information content (AvgIpc) is 2.17. The van der Waals surface area contributed by atoms with Crippen molar-refractivity contribution in [1.82, 2.24) is 0 Å². The first-order valence-electron chi connectivity index (χ1n) is 4.70. The molecule has 1 rings (SSSR count).